The molecule has 1 heterocycles. The molecule has 3 atom stereocenters. The molecule has 0 unspecified atom stereocenters. The van der Waals surface area contributed by atoms with Crippen LogP contribution in [0.4, 0.5) is 5.69 Å². The molecular weight excluding hydrogens is 354 g/mol. The highest BCUT2D eigenvalue weighted by Gasteiger charge is 2.40. The SMILES string of the molecule is O=C(O)c1cccc([C@@H]2Nc3ccc(Br)cc3[C@@H]3CCC[C@@H]32)c1. The van der Waals surface area contributed by atoms with Crippen LogP contribution < -0.4 is 5.32 Å². The van der Waals surface area contributed by atoms with Crippen LogP contribution in [0, 0.1) is 5.92 Å². The average Bonchev–Trinajstić information content (AvgIpc) is 3.04. The molecule has 2 aromatic rings. The number of halogens is 1. The summed E-state index contributed by atoms with van der Waals surface area (Å²) >= 11 is 3.58. The lowest BCUT2D eigenvalue weighted by Gasteiger charge is -2.38. The normalized spacial score (nSPS) is 25.3. The molecule has 0 bridgehead atoms. The minimum absolute atomic E-state index is 0.190. The van der Waals surface area contributed by atoms with Gasteiger partial charge in [0, 0.05) is 10.2 Å². The van der Waals surface area contributed by atoms with E-state index in [9.17, 15) is 9.90 Å². The van der Waals surface area contributed by atoms with E-state index in [-0.39, 0.29) is 6.04 Å². The van der Waals surface area contributed by atoms with Gasteiger partial charge in [0.15, 0.2) is 0 Å². The monoisotopic (exact) mass is 371 g/mol. The first kappa shape index (κ1) is 14.8. The highest BCUT2D eigenvalue weighted by atomic mass is 79.9. The summed E-state index contributed by atoms with van der Waals surface area (Å²) in [7, 11) is 0. The van der Waals surface area contributed by atoms with Crippen molar-refractivity contribution in [2.45, 2.75) is 31.2 Å². The van der Waals surface area contributed by atoms with Crippen LogP contribution >= 0.6 is 15.9 Å². The van der Waals surface area contributed by atoms with Gasteiger partial charge in [0.05, 0.1) is 11.6 Å². The van der Waals surface area contributed by atoms with Crippen molar-refractivity contribution in [3.05, 3.63) is 63.6 Å². The van der Waals surface area contributed by atoms with Crippen LogP contribution in [0.3, 0.4) is 0 Å². The third kappa shape index (κ3) is 2.55. The van der Waals surface area contributed by atoms with Gasteiger partial charge >= 0.3 is 5.97 Å². The fourth-order valence-corrected chi connectivity index (χ4v) is 4.59. The summed E-state index contributed by atoms with van der Waals surface area (Å²) in [6.45, 7) is 0. The van der Waals surface area contributed by atoms with Crippen LogP contribution in [0.25, 0.3) is 0 Å². The fraction of sp³-hybridized carbons (Fsp3) is 0.316. The fourth-order valence-electron chi connectivity index (χ4n) is 4.22. The molecule has 1 aliphatic carbocycles. The highest BCUT2D eigenvalue weighted by molar-refractivity contribution is 9.10. The number of nitrogens with one attached hydrogen (secondary N) is 1. The molecule has 1 saturated carbocycles. The van der Waals surface area contributed by atoms with Crippen LogP contribution in [-0.4, -0.2) is 11.1 Å². The number of aromatic carboxylic acids is 1. The number of carboxylic acid groups (broad SMARTS) is 1. The number of benzene rings is 2. The second kappa shape index (κ2) is 5.68. The Morgan fingerprint density at radius 2 is 2.04 bits per heavy atom. The van der Waals surface area contributed by atoms with E-state index >= 15 is 0 Å². The maximum absolute atomic E-state index is 11.3. The molecule has 1 fully saturated rings. The van der Waals surface area contributed by atoms with E-state index < -0.39 is 5.97 Å². The Kier molecular flexibility index (Phi) is 3.64. The lowest BCUT2D eigenvalue weighted by atomic mass is 9.77. The van der Waals surface area contributed by atoms with Crippen LogP contribution in [0.1, 0.15) is 52.7 Å². The molecule has 118 valence electrons. The van der Waals surface area contributed by atoms with E-state index in [0.29, 0.717) is 17.4 Å². The first-order valence-electron chi connectivity index (χ1n) is 8.03. The van der Waals surface area contributed by atoms with E-state index in [4.69, 9.17) is 0 Å². The summed E-state index contributed by atoms with van der Waals surface area (Å²) in [5.41, 5.74) is 4.02. The summed E-state index contributed by atoms with van der Waals surface area (Å²) in [5, 5.41) is 12.9. The first-order valence-corrected chi connectivity index (χ1v) is 8.82. The quantitative estimate of drug-likeness (QED) is 0.762. The van der Waals surface area contributed by atoms with E-state index in [2.05, 4.69) is 39.4 Å². The van der Waals surface area contributed by atoms with Crippen LogP contribution in [0.5, 0.6) is 0 Å². The molecule has 4 heteroatoms. The summed E-state index contributed by atoms with van der Waals surface area (Å²) in [6.07, 6.45) is 3.63. The summed E-state index contributed by atoms with van der Waals surface area (Å²) in [6, 6.07) is 14.0. The van der Waals surface area contributed by atoms with Crippen molar-refractivity contribution in [3.8, 4) is 0 Å². The molecule has 23 heavy (non-hydrogen) atoms. The summed E-state index contributed by atoms with van der Waals surface area (Å²) in [5.74, 6) is 0.220. The Labute approximate surface area is 143 Å². The van der Waals surface area contributed by atoms with Gasteiger partial charge in [-0.2, -0.15) is 0 Å². The van der Waals surface area contributed by atoms with Crippen molar-refractivity contribution in [3.63, 3.8) is 0 Å². The molecule has 1 aliphatic heterocycles. The van der Waals surface area contributed by atoms with Crippen molar-refractivity contribution < 1.29 is 9.90 Å². The summed E-state index contributed by atoms with van der Waals surface area (Å²) < 4.78 is 1.12. The molecular formula is C19H18BrNO2. The predicted molar refractivity (Wildman–Crippen MR) is 94.0 cm³/mol. The third-order valence-corrected chi connectivity index (χ3v) is 5.71. The van der Waals surface area contributed by atoms with Crippen molar-refractivity contribution in [2.75, 3.05) is 5.32 Å². The van der Waals surface area contributed by atoms with Gasteiger partial charge in [-0.1, -0.05) is 34.5 Å². The largest absolute Gasteiger partial charge is 0.478 e. The lowest BCUT2D eigenvalue weighted by molar-refractivity contribution is 0.0696. The van der Waals surface area contributed by atoms with Gasteiger partial charge in [-0.25, -0.2) is 4.79 Å². The van der Waals surface area contributed by atoms with Crippen LogP contribution in [-0.2, 0) is 0 Å². The van der Waals surface area contributed by atoms with Crippen LogP contribution in [0.15, 0.2) is 46.9 Å². The van der Waals surface area contributed by atoms with Crippen molar-refractivity contribution >= 4 is 27.6 Å². The van der Waals surface area contributed by atoms with Gasteiger partial charge in [0.1, 0.15) is 0 Å². The zero-order valence-electron chi connectivity index (χ0n) is 12.6. The maximum Gasteiger partial charge on any atom is 0.335 e. The van der Waals surface area contributed by atoms with Gasteiger partial charge in [0.2, 0.25) is 0 Å². The molecule has 0 amide bonds. The average molecular weight is 372 g/mol. The van der Waals surface area contributed by atoms with E-state index in [0.717, 1.165) is 10.0 Å². The summed E-state index contributed by atoms with van der Waals surface area (Å²) in [4.78, 5) is 11.3. The molecule has 0 saturated heterocycles. The number of anilines is 1. The standard InChI is InChI=1S/C19H18BrNO2/c20-13-7-8-17-16(10-13)14-5-2-6-15(14)18(21-17)11-3-1-4-12(9-11)19(22)23/h1,3-4,7-10,14-15,18,21H,2,5-6H2,(H,22,23)/t14-,15+,18+/m1/s1. The topological polar surface area (TPSA) is 49.3 Å². The lowest BCUT2D eigenvalue weighted by Crippen LogP contribution is -2.28. The molecule has 0 radical (unpaired) electrons. The number of carboxylic acids is 1. The van der Waals surface area contributed by atoms with Crippen molar-refractivity contribution in [1.82, 2.24) is 0 Å². The van der Waals surface area contributed by atoms with Crippen molar-refractivity contribution in [1.29, 1.82) is 0 Å². The van der Waals surface area contributed by atoms with Gasteiger partial charge in [0.25, 0.3) is 0 Å². The van der Waals surface area contributed by atoms with Crippen molar-refractivity contribution in [2.24, 2.45) is 5.92 Å². The van der Waals surface area contributed by atoms with E-state index in [1.807, 2.05) is 18.2 Å². The van der Waals surface area contributed by atoms with Gasteiger partial charge < -0.3 is 10.4 Å². The molecule has 2 aliphatic rings. The predicted octanol–water partition coefficient (Wildman–Crippen LogP) is 5.20. The first-order chi connectivity index (χ1) is 11.1. The zero-order chi connectivity index (χ0) is 16.0. The number of hydrogen-bond acceptors (Lipinski definition) is 2. The second-order valence-electron chi connectivity index (χ2n) is 6.49. The Morgan fingerprint density at radius 3 is 2.87 bits per heavy atom. The second-order valence-corrected chi connectivity index (χ2v) is 7.40. The Morgan fingerprint density at radius 1 is 1.17 bits per heavy atom. The van der Waals surface area contributed by atoms with Gasteiger partial charge in [-0.05, 0) is 66.1 Å². The zero-order valence-corrected chi connectivity index (χ0v) is 14.2. The number of fused-ring (bicyclic) bond motifs is 3. The Balaban J connectivity index is 1.77. The Bertz CT molecular complexity index is 774. The van der Waals surface area contributed by atoms with E-state index in [1.165, 1.54) is 30.5 Å². The number of rotatable bonds is 2. The highest BCUT2D eigenvalue weighted by Crippen LogP contribution is 2.53. The minimum Gasteiger partial charge on any atom is -0.478 e. The maximum atomic E-state index is 11.3. The molecule has 0 spiro atoms. The minimum atomic E-state index is -0.866. The molecule has 4 rings (SSSR count). The van der Waals surface area contributed by atoms with E-state index in [1.54, 1.807) is 6.07 Å². The smallest absolute Gasteiger partial charge is 0.335 e. The Hall–Kier alpha value is -1.81. The number of carbonyl (C=O) groups is 1. The number of hydrogen-bond donors (Lipinski definition) is 2. The molecule has 2 aromatic carbocycles. The van der Waals surface area contributed by atoms with Crippen LogP contribution in [0.2, 0.25) is 0 Å². The molecule has 2 N–H and O–H groups in total. The third-order valence-electron chi connectivity index (χ3n) is 5.21. The molecule has 0 aromatic heterocycles. The van der Waals surface area contributed by atoms with Gasteiger partial charge in [-0.15, -0.1) is 0 Å². The molecule has 3 nitrogen and oxygen atoms in total. The van der Waals surface area contributed by atoms with Gasteiger partial charge in [-0.3, -0.25) is 0 Å².